The van der Waals surface area contributed by atoms with Crippen molar-refractivity contribution < 1.29 is 4.79 Å². The molecule has 0 aromatic rings. The van der Waals surface area contributed by atoms with Crippen LogP contribution in [0.1, 0.15) is 19.8 Å². The summed E-state index contributed by atoms with van der Waals surface area (Å²) in [4.78, 5) is 11.4. The summed E-state index contributed by atoms with van der Waals surface area (Å²) < 4.78 is 0. The van der Waals surface area contributed by atoms with Crippen LogP contribution < -0.4 is 11.1 Å². The normalized spacial score (nSPS) is 21.2. The second-order valence-electron chi connectivity index (χ2n) is 3.56. The van der Waals surface area contributed by atoms with E-state index in [4.69, 9.17) is 5.73 Å². The van der Waals surface area contributed by atoms with Crippen molar-refractivity contribution in [3.05, 3.63) is 12.7 Å². The van der Waals surface area contributed by atoms with E-state index in [0.29, 0.717) is 12.5 Å². The van der Waals surface area contributed by atoms with E-state index in [0.717, 1.165) is 12.8 Å². The summed E-state index contributed by atoms with van der Waals surface area (Å²) >= 11 is 0. The molecule has 1 aliphatic rings. The zero-order valence-corrected chi connectivity index (χ0v) is 7.47. The van der Waals surface area contributed by atoms with Crippen molar-refractivity contribution in [2.75, 3.05) is 6.54 Å². The molecule has 0 bridgehead atoms. The number of hydrogen-bond acceptors (Lipinski definition) is 2. The molecule has 0 aliphatic heterocycles. The Morgan fingerprint density at radius 2 is 2.42 bits per heavy atom. The van der Waals surface area contributed by atoms with Crippen LogP contribution in [-0.4, -0.2) is 18.0 Å². The third kappa shape index (κ3) is 1.85. The molecule has 3 N–H and O–H groups in total. The van der Waals surface area contributed by atoms with Crippen molar-refractivity contribution in [1.82, 2.24) is 5.32 Å². The Morgan fingerprint density at radius 1 is 1.83 bits per heavy atom. The van der Waals surface area contributed by atoms with E-state index >= 15 is 0 Å². The smallest absolute Gasteiger partial charge is 0.240 e. The molecule has 3 heteroatoms. The predicted octanol–water partition coefficient (Wildman–Crippen LogP) is 0.416. The van der Waals surface area contributed by atoms with E-state index in [1.54, 1.807) is 13.0 Å². The Hall–Kier alpha value is -0.830. The molecule has 3 nitrogen and oxygen atoms in total. The molecule has 0 radical (unpaired) electrons. The standard InChI is InChI=1S/C9H16N2O/c1-3-6-11-8(12)9(2,10)7-4-5-7/h3,7H,1,4-6,10H2,2H3,(H,11,12). The van der Waals surface area contributed by atoms with Gasteiger partial charge in [0.25, 0.3) is 0 Å². The van der Waals surface area contributed by atoms with Gasteiger partial charge in [-0.3, -0.25) is 4.79 Å². The van der Waals surface area contributed by atoms with Crippen molar-refractivity contribution >= 4 is 5.91 Å². The van der Waals surface area contributed by atoms with Crippen molar-refractivity contribution in [2.24, 2.45) is 11.7 Å². The van der Waals surface area contributed by atoms with Gasteiger partial charge in [-0.15, -0.1) is 6.58 Å². The van der Waals surface area contributed by atoms with Crippen LogP contribution in [0.2, 0.25) is 0 Å². The zero-order chi connectivity index (χ0) is 9.19. The number of carbonyl (C=O) groups excluding carboxylic acids is 1. The highest BCUT2D eigenvalue weighted by Gasteiger charge is 2.43. The second-order valence-corrected chi connectivity index (χ2v) is 3.56. The lowest BCUT2D eigenvalue weighted by molar-refractivity contribution is -0.126. The van der Waals surface area contributed by atoms with E-state index in [9.17, 15) is 4.79 Å². The minimum Gasteiger partial charge on any atom is -0.351 e. The van der Waals surface area contributed by atoms with Gasteiger partial charge in [-0.05, 0) is 25.7 Å². The molecule has 0 aromatic carbocycles. The molecule has 68 valence electrons. The average molecular weight is 168 g/mol. The Bertz CT molecular complexity index is 195. The summed E-state index contributed by atoms with van der Waals surface area (Å²) in [5.74, 6) is 0.312. The van der Waals surface area contributed by atoms with Gasteiger partial charge < -0.3 is 11.1 Å². The summed E-state index contributed by atoms with van der Waals surface area (Å²) in [6, 6.07) is 0. The summed E-state index contributed by atoms with van der Waals surface area (Å²) in [6.45, 7) is 5.81. The molecule has 0 aromatic heterocycles. The molecular weight excluding hydrogens is 152 g/mol. The number of carbonyl (C=O) groups is 1. The van der Waals surface area contributed by atoms with Gasteiger partial charge in [0.05, 0.1) is 5.54 Å². The lowest BCUT2D eigenvalue weighted by atomic mass is 9.96. The van der Waals surface area contributed by atoms with Crippen molar-refractivity contribution in [3.8, 4) is 0 Å². The molecule has 1 fully saturated rings. The third-order valence-electron chi connectivity index (χ3n) is 2.32. The molecule has 1 atom stereocenters. The number of amides is 1. The summed E-state index contributed by atoms with van der Waals surface area (Å²) in [5.41, 5.74) is 5.18. The first-order chi connectivity index (χ1) is 5.59. The molecule has 0 heterocycles. The van der Waals surface area contributed by atoms with Gasteiger partial charge in [-0.1, -0.05) is 6.08 Å². The maximum Gasteiger partial charge on any atom is 0.240 e. The minimum absolute atomic E-state index is 0.0649. The summed E-state index contributed by atoms with van der Waals surface area (Å²) in [6.07, 6.45) is 3.81. The quantitative estimate of drug-likeness (QED) is 0.598. The van der Waals surface area contributed by atoms with E-state index in [1.807, 2.05) is 0 Å². The fraction of sp³-hybridized carbons (Fsp3) is 0.667. The van der Waals surface area contributed by atoms with Gasteiger partial charge in [0.15, 0.2) is 0 Å². The highest BCUT2D eigenvalue weighted by molar-refractivity contribution is 5.86. The van der Waals surface area contributed by atoms with Crippen LogP contribution in [0.15, 0.2) is 12.7 Å². The van der Waals surface area contributed by atoms with Crippen molar-refractivity contribution in [3.63, 3.8) is 0 Å². The maximum absolute atomic E-state index is 11.4. The molecule has 1 aliphatic carbocycles. The summed E-state index contributed by atoms with van der Waals surface area (Å²) in [7, 11) is 0. The van der Waals surface area contributed by atoms with Crippen molar-refractivity contribution in [2.45, 2.75) is 25.3 Å². The zero-order valence-electron chi connectivity index (χ0n) is 7.47. The Morgan fingerprint density at radius 3 is 2.83 bits per heavy atom. The van der Waals surface area contributed by atoms with E-state index in [-0.39, 0.29) is 5.91 Å². The van der Waals surface area contributed by atoms with Crippen LogP contribution in [0.3, 0.4) is 0 Å². The molecular formula is C9H16N2O. The monoisotopic (exact) mass is 168 g/mol. The highest BCUT2D eigenvalue weighted by Crippen LogP contribution is 2.37. The lowest BCUT2D eigenvalue weighted by Crippen LogP contribution is -2.53. The number of nitrogens with one attached hydrogen (secondary N) is 1. The lowest BCUT2D eigenvalue weighted by Gasteiger charge is -2.22. The van der Waals surface area contributed by atoms with Gasteiger partial charge in [0.2, 0.25) is 5.91 Å². The number of rotatable bonds is 4. The molecule has 12 heavy (non-hydrogen) atoms. The fourth-order valence-corrected chi connectivity index (χ4v) is 1.22. The van der Waals surface area contributed by atoms with Crippen LogP contribution in [-0.2, 0) is 4.79 Å². The van der Waals surface area contributed by atoms with Gasteiger partial charge in [0.1, 0.15) is 0 Å². The Kier molecular flexibility index (Phi) is 2.52. The van der Waals surface area contributed by atoms with E-state index < -0.39 is 5.54 Å². The molecule has 1 saturated carbocycles. The molecule has 0 saturated heterocycles. The van der Waals surface area contributed by atoms with E-state index in [1.165, 1.54) is 0 Å². The van der Waals surface area contributed by atoms with Gasteiger partial charge in [-0.2, -0.15) is 0 Å². The van der Waals surface area contributed by atoms with Crippen LogP contribution in [0.4, 0.5) is 0 Å². The number of hydrogen-bond donors (Lipinski definition) is 2. The topological polar surface area (TPSA) is 55.1 Å². The SMILES string of the molecule is C=CCNC(=O)C(C)(N)C1CC1. The second kappa shape index (κ2) is 3.27. The highest BCUT2D eigenvalue weighted by atomic mass is 16.2. The van der Waals surface area contributed by atoms with Crippen LogP contribution in [0.5, 0.6) is 0 Å². The Balaban J connectivity index is 2.43. The fourth-order valence-electron chi connectivity index (χ4n) is 1.22. The number of nitrogens with two attached hydrogens (primary N) is 1. The van der Waals surface area contributed by atoms with Gasteiger partial charge >= 0.3 is 0 Å². The average Bonchev–Trinajstić information content (AvgIpc) is 2.81. The maximum atomic E-state index is 11.4. The Labute approximate surface area is 73.0 Å². The van der Waals surface area contributed by atoms with Crippen LogP contribution in [0, 0.1) is 5.92 Å². The van der Waals surface area contributed by atoms with Crippen molar-refractivity contribution in [1.29, 1.82) is 0 Å². The van der Waals surface area contributed by atoms with Gasteiger partial charge in [-0.25, -0.2) is 0 Å². The van der Waals surface area contributed by atoms with Crippen LogP contribution in [0.25, 0.3) is 0 Å². The molecule has 0 spiro atoms. The predicted molar refractivity (Wildman–Crippen MR) is 48.5 cm³/mol. The molecule has 1 rings (SSSR count). The molecule has 1 unspecified atom stereocenters. The minimum atomic E-state index is -0.678. The first kappa shape index (κ1) is 9.26. The van der Waals surface area contributed by atoms with Crippen LogP contribution >= 0.6 is 0 Å². The van der Waals surface area contributed by atoms with Gasteiger partial charge in [0, 0.05) is 6.54 Å². The third-order valence-corrected chi connectivity index (χ3v) is 2.32. The molecule has 1 amide bonds. The summed E-state index contributed by atoms with van der Waals surface area (Å²) in [5, 5.41) is 2.71. The first-order valence-electron chi connectivity index (χ1n) is 4.27. The first-order valence-corrected chi connectivity index (χ1v) is 4.27. The largest absolute Gasteiger partial charge is 0.351 e. The van der Waals surface area contributed by atoms with E-state index in [2.05, 4.69) is 11.9 Å².